The highest BCUT2D eigenvalue weighted by Gasteiger charge is 2.24. The molecule has 10 aromatic rings. The Morgan fingerprint density at radius 1 is 0.324 bits per heavy atom. The van der Waals surface area contributed by atoms with Crippen molar-refractivity contribution in [2.45, 2.75) is 0 Å². The van der Waals surface area contributed by atoms with Gasteiger partial charge in [-0.15, -0.1) is 0 Å². The Morgan fingerprint density at radius 2 is 0.784 bits per heavy atom. The molecule has 0 radical (unpaired) electrons. The first-order valence-corrected chi connectivity index (χ1v) is 13.0. The number of fused-ring (bicyclic) bond motifs is 10. The highest BCUT2D eigenvalue weighted by Crippen LogP contribution is 2.49. The van der Waals surface area contributed by atoms with Crippen molar-refractivity contribution in [1.29, 1.82) is 0 Å². The number of hydrogen-bond acceptors (Lipinski definition) is 0. The van der Waals surface area contributed by atoms with Gasteiger partial charge in [-0.2, -0.15) is 0 Å². The van der Waals surface area contributed by atoms with E-state index in [4.69, 9.17) is 0 Å². The molecule has 0 aliphatic carbocycles. The van der Waals surface area contributed by atoms with Gasteiger partial charge < -0.3 is 4.40 Å². The van der Waals surface area contributed by atoms with Crippen molar-refractivity contribution in [3.8, 4) is 0 Å². The van der Waals surface area contributed by atoms with Crippen molar-refractivity contribution in [1.82, 2.24) is 4.40 Å². The summed E-state index contributed by atoms with van der Waals surface area (Å²) in [6, 6.07) is 43.2. The topological polar surface area (TPSA) is 4.41 Å². The van der Waals surface area contributed by atoms with Gasteiger partial charge in [0.25, 0.3) is 0 Å². The van der Waals surface area contributed by atoms with Gasteiger partial charge >= 0.3 is 0 Å². The molecule has 10 rings (SSSR count). The smallest absolute Gasteiger partial charge is 0.0633 e. The summed E-state index contributed by atoms with van der Waals surface area (Å²) in [4.78, 5) is 0. The monoisotopic (exact) mass is 465 g/mol. The van der Waals surface area contributed by atoms with Crippen molar-refractivity contribution in [2.24, 2.45) is 0 Å². The van der Waals surface area contributed by atoms with Crippen LogP contribution in [0.2, 0.25) is 0 Å². The molecule has 0 N–H and O–H groups in total. The van der Waals surface area contributed by atoms with Crippen molar-refractivity contribution in [3.63, 3.8) is 0 Å². The Bertz CT molecular complexity index is 2320. The predicted octanol–water partition coefficient (Wildman–Crippen LogP) is 10.0. The molecule has 0 fully saturated rings. The Morgan fingerprint density at radius 3 is 1.30 bits per heavy atom. The van der Waals surface area contributed by atoms with E-state index in [2.05, 4.69) is 120 Å². The van der Waals surface area contributed by atoms with E-state index in [1.54, 1.807) is 0 Å². The molecule has 8 aromatic carbocycles. The molecule has 2 heterocycles. The zero-order valence-electron chi connectivity index (χ0n) is 19.9. The molecule has 0 saturated heterocycles. The van der Waals surface area contributed by atoms with Gasteiger partial charge in [-0.05, 0) is 78.1 Å². The van der Waals surface area contributed by atoms with E-state index in [0.29, 0.717) is 0 Å². The second-order valence-electron chi connectivity index (χ2n) is 10.5. The summed E-state index contributed by atoms with van der Waals surface area (Å²) in [6.07, 6.45) is 0. The van der Waals surface area contributed by atoms with Crippen molar-refractivity contribution in [3.05, 3.63) is 115 Å². The summed E-state index contributed by atoms with van der Waals surface area (Å²) in [5.74, 6) is 0. The minimum absolute atomic E-state index is 1.28. The molecule has 0 bridgehead atoms. The third-order valence-corrected chi connectivity index (χ3v) is 8.76. The van der Waals surface area contributed by atoms with Crippen molar-refractivity contribution < 1.29 is 0 Å². The fourth-order valence-corrected chi connectivity index (χ4v) is 7.25. The van der Waals surface area contributed by atoms with Crippen LogP contribution in [-0.2, 0) is 0 Å². The van der Waals surface area contributed by atoms with Crippen LogP contribution in [0.5, 0.6) is 0 Å². The van der Waals surface area contributed by atoms with Gasteiger partial charge in [-0.25, -0.2) is 0 Å². The first-order valence-electron chi connectivity index (χ1n) is 13.0. The van der Waals surface area contributed by atoms with E-state index in [1.165, 1.54) is 92.0 Å². The molecule has 37 heavy (non-hydrogen) atoms. The van der Waals surface area contributed by atoms with Gasteiger partial charge in [-0.1, -0.05) is 91.0 Å². The molecule has 0 atom stereocenters. The maximum absolute atomic E-state index is 2.54. The van der Waals surface area contributed by atoms with Gasteiger partial charge in [-0.3, -0.25) is 0 Å². The van der Waals surface area contributed by atoms with Gasteiger partial charge in [0.1, 0.15) is 0 Å². The number of rotatable bonds is 0. The van der Waals surface area contributed by atoms with E-state index in [-0.39, 0.29) is 0 Å². The Kier molecular flexibility index (Phi) is 3.03. The molecular weight excluding hydrogens is 446 g/mol. The summed E-state index contributed by atoms with van der Waals surface area (Å²) in [5.41, 5.74) is 3.93. The SMILES string of the molecule is c1ccc2cc3c(cc2c1)c1c2ccc4cccc5ccc(c2c45)c2c4cc5ccccc5cc4n3c12. The van der Waals surface area contributed by atoms with E-state index in [0.717, 1.165) is 0 Å². The summed E-state index contributed by atoms with van der Waals surface area (Å²) in [7, 11) is 0. The lowest BCUT2D eigenvalue weighted by Gasteiger charge is -2.13. The van der Waals surface area contributed by atoms with Crippen LogP contribution in [0.25, 0.3) is 92.0 Å². The van der Waals surface area contributed by atoms with Crippen molar-refractivity contribution in [2.75, 3.05) is 0 Å². The minimum atomic E-state index is 1.28. The summed E-state index contributed by atoms with van der Waals surface area (Å²) in [6.45, 7) is 0. The van der Waals surface area contributed by atoms with Crippen LogP contribution in [0, 0.1) is 0 Å². The molecule has 0 amide bonds. The zero-order chi connectivity index (χ0) is 23.8. The molecule has 0 unspecified atom stereocenters. The van der Waals surface area contributed by atoms with Gasteiger partial charge in [0.2, 0.25) is 0 Å². The van der Waals surface area contributed by atoms with E-state index in [9.17, 15) is 0 Å². The van der Waals surface area contributed by atoms with Gasteiger partial charge in [0.15, 0.2) is 0 Å². The summed E-state index contributed by atoms with van der Waals surface area (Å²) in [5, 5.41) is 18.7. The quantitative estimate of drug-likeness (QED) is 0.196. The van der Waals surface area contributed by atoms with Crippen LogP contribution >= 0.6 is 0 Å². The minimum Gasteiger partial charge on any atom is -0.308 e. The van der Waals surface area contributed by atoms with Crippen LogP contribution in [0.1, 0.15) is 0 Å². The first-order chi connectivity index (χ1) is 18.3. The number of hydrogen-bond donors (Lipinski definition) is 0. The molecular formula is C36H19N. The van der Waals surface area contributed by atoms with Gasteiger partial charge in [0, 0.05) is 21.5 Å². The molecule has 1 nitrogen and oxygen atoms in total. The lowest BCUT2D eigenvalue weighted by Crippen LogP contribution is -1.85. The third-order valence-electron chi connectivity index (χ3n) is 8.76. The highest BCUT2D eigenvalue weighted by molar-refractivity contribution is 6.42. The van der Waals surface area contributed by atoms with Crippen LogP contribution in [0.3, 0.4) is 0 Å². The average molecular weight is 466 g/mol. The fraction of sp³-hybridized carbons (Fsp3) is 0. The third kappa shape index (κ3) is 2.06. The molecule has 0 saturated carbocycles. The fourth-order valence-electron chi connectivity index (χ4n) is 7.25. The number of nitrogens with zero attached hydrogens (tertiary/aromatic N) is 1. The van der Waals surface area contributed by atoms with E-state index < -0.39 is 0 Å². The lowest BCUT2D eigenvalue weighted by atomic mass is 9.89. The molecule has 0 aliphatic heterocycles. The maximum Gasteiger partial charge on any atom is 0.0633 e. The molecule has 0 aliphatic rings. The largest absolute Gasteiger partial charge is 0.308 e. The van der Waals surface area contributed by atoms with E-state index >= 15 is 0 Å². The molecule has 2 aromatic heterocycles. The van der Waals surface area contributed by atoms with Crippen LogP contribution in [0.15, 0.2) is 115 Å². The first kappa shape index (κ1) is 18.4. The number of aromatic nitrogens is 1. The van der Waals surface area contributed by atoms with Crippen LogP contribution in [0.4, 0.5) is 0 Å². The number of benzene rings is 8. The highest BCUT2D eigenvalue weighted by atomic mass is 14.9. The van der Waals surface area contributed by atoms with Crippen LogP contribution < -0.4 is 0 Å². The zero-order valence-corrected chi connectivity index (χ0v) is 19.9. The second-order valence-corrected chi connectivity index (χ2v) is 10.5. The standard InChI is InChI=1S/C36H19N/c1-3-8-24-18-30-28(16-22(24)6-1)34-26-14-12-20-10-5-11-21-13-15-27(33(26)32(20)21)35-29-17-23-7-2-4-9-25(23)19-31(29)37(30)36(34)35/h1-19H. The Hall–Kier alpha value is -4.88. The normalized spacial score (nSPS) is 12.9. The molecule has 1 heteroatoms. The van der Waals surface area contributed by atoms with Gasteiger partial charge in [0.05, 0.1) is 16.6 Å². The van der Waals surface area contributed by atoms with Crippen molar-refractivity contribution >= 4 is 92.0 Å². The summed E-state index contributed by atoms with van der Waals surface area (Å²) < 4.78 is 2.54. The average Bonchev–Trinajstić information content (AvgIpc) is 3.44. The Balaban J connectivity index is 1.63. The van der Waals surface area contributed by atoms with E-state index in [1.807, 2.05) is 0 Å². The Labute approximate surface area is 211 Å². The van der Waals surface area contributed by atoms with Crippen LogP contribution in [-0.4, -0.2) is 4.40 Å². The summed E-state index contributed by atoms with van der Waals surface area (Å²) >= 11 is 0. The molecule has 168 valence electrons. The predicted molar refractivity (Wildman–Crippen MR) is 160 cm³/mol. The second kappa shape index (κ2) is 6.08. The maximum atomic E-state index is 2.54. The molecule has 0 spiro atoms. The lowest BCUT2D eigenvalue weighted by molar-refractivity contribution is 1.38.